The van der Waals surface area contributed by atoms with Crippen LogP contribution in [-0.4, -0.2) is 23.7 Å². The van der Waals surface area contributed by atoms with Crippen LogP contribution >= 0.6 is 0 Å². The van der Waals surface area contributed by atoms with Crippen LogP contribution in [0.15, 0.2) is 0 Å². The highest BCUT2D eigenvalue weighted by atomic mass is 16.4. The lowest BCUT2D eigenvalue weighted by Crippen LogP contribution is -2.38. The number of aliphatic carboxylic acids is 1. The first kappa shape index (κ1) is 8.53. The molecule has 0 aromatic rings. The number of rotatable bonds is 2. The summed E-state index contributed by atoms with van der Waals surface area (Å²) in [5.41, 5.74) is 0. The third kappa shape index (κ3) is 2.89. The first-order valence-electron chi connectivity index (χ1n) is 4.13. The van der Waals surface area contributed by atoms with Crippen molar-refractivity contribution in [2.45, 2.75) is 32.2 Å². The Hall–Kier alpha value is -0.570. The Morgan fingerprint density at radius 1 is 1.73 bits per heavy atom. The molecule has 1 rings (SSSR count). The van der Waals surface area contributed by atoms with Gasteiger partial charge in [-0.2, -0.15) is 0 Å². The molecule has 1 heterocycles. The van der Waals surface area contributed by atoms with E-state index in [4.69, 9.17) is 5.11 Å². The molecular weight excluding hydrogens is 142 g/mol. The summed E-state index contributed by atoms with van der Waals surface area (Å²) < 4.78 is 0. The van der Waals surface area contributed by atoms with E-state index in [9.17, 15) is 4.79 Å². The summed E-state index contributed by atoms with van der Waals surface area (Å²) in [4.78, 5) is 10.3. The smallest absolute Gasteiger partial charge is 0.304 e. The van der Waals surface area contributed by atoms with Crippen LogP contribution in [0.5, 0.6) is 0 Å². The van der Waals surface area contributed by atoms with Gasteiger partial charge >= 0.3 is 5.97 Å². The molecule has 64 valence electrons. The largest absolute Gasteiger partial charge is 0.481 e. The van der Waals surface area contributed by atoms with Crippen molar-refractivity contribution in [3.8, 4) is 0 Å². The highest BCUT2D eigenvalue weighted by Gasteiger charge is 2.19. The zero-order valence-corrected chi connectivity index (χ0v) is 6.84. The second kappa shape index (κ2) is 3.72. The Labute approximate surface area is 66.8 Å². The summed E-state index contributed by atoms with van der Waals surface area (Å²) in [6.07, 6.45) is 2.45. The quantitative estimate of drug-likeness (QED) is 0.624. The number of carbonyl (C=O) groups is 1. The van der Waals surface area contributed by atoms with E-state index in [0.717, 1.165) is 13.0 Å². The molecule has 0 amide bonds. The third-order valence-electron chi connectivity index (χ3n) is 2.18. The lowest BCUT2D eigenvalue weighted by atomic mass is 9.93. The zero-order chi connectivity index (χ0) is 8.27. The Morgan fingerprint density at radius 3 is 3.00 bits per heavy atom. The van der Waals surface area contributed by atoms with Crippen molar-refractivity contribution in [1.82, 2.24) is 5.32 Å². The molecular formula is C8H15NO2. The lowest BCUT2D eigenvalue weighted by Gasteiger charge is -2.26. The molecule has 0 unspecified atom stereocenters. The maximum atomic E-state index is 10.3. The number of carboxylic acid groups (broad SMARTS) is 1. The zero-order valence-electron chi connectivity index (χ0n) is 6.84. The predicted octanol–water partition coefficient (Wildman–Crippen LogP) is 0.849. The van der Waals surface area contributed by atoms with Crippen molar-refractivity contribution in [2.75, 3.05) is 6.54 Å². The van der Waals surface area contributed by atoms with E-state index in [1.54, 1.807) is 0 Å². The van der Waals surface area contributed by atoms with Gasteiger partial charge in [0.2, 0.25) is 0 Å². The van der Waals surface area contributed by atoms with Gasteiger partial charge in [0.05, 0.1) is 6.42 Å². The summed E-state index contributed by atoms with van der Waals surface area (Å²) in [5, 5.41) is 11.7. The molecule has 0 bridgehead atoms. The van der Waals surface area contributed by atoms with E-state index in [1.807, 2.05) is 0 Å². The summed E-state index contributed by atoms with van der Waals surface area (Å²) in [7, 11) is 0. The summed E-state index contributed by atoms with van der Waals surface area (Å²) in [5.74, 6) is -0.0165. The van der Waals surface area contributed by atoms with Crippen LogP contribution < -0.4 is 5.32 Å². The Bertz CT molecular complexity index is 147. The minimum Gasteiger partial charge on any atom is -0.481 e. The van der Waals surface area contributed by atoms with Crippen LogP contribution in [0.1, 0.15) is 26.2 Å². The minimum atomic E-state index is -0.698. The second-order valence-corrected chi connectivity index (χ2v) is 3.38. The Balaban J connectivity index is 2.28. The lowest BCUT2D eigenvalue weighted by molar-refractivity contribution is -0.137. The predicted molar refractivity (Wildman–Crippen MR) is 42.4 cm³/mol. The highest BCUT2D eigenvalue weighted by Crippen LogP contribution is 2.16. The van der Waals surface area contributed by atoms with E-state index >= 15 is 0 Å². The monoisotopic (exact) mass is 157 g/mol. The molecule has 0 aromatic heterocycles. The minimum absolute atomic E-state index is 0.205. The fourth-order valence-corrected chi connectivity index (χ4v) is 1.59. The van der Waals surface area contributed by atoms with Gasteiger partial charge in [-0.1, -0.05) is 6.92 Å². The number of hydrogen-bond acceptors (Lipinski definition) is 2. The van der Waals surface area contributed by atoms with E-state index in [2.05, 4.69) is 12.2 Å². The SMILES string of the molecule is C[C@@H]1CCN[C@H](CC(=O)O)C1. The molecule has 0 saturated carbocycles. The molecule has 11 heavy (non-hydrogen) atoms. The summed E-state index contributed by atoms with van der Waals surface area (Å²) in [6.45, 7) is 3.15. The molecule has 0 spiro atoms. The van der Waals surface area contributed by atoms with Gasteiger partial charge in [-0.3, -0.25) is 4.79 Å². The average Bonchev–Trinajstić information content (AvgIpc) is 1.85. The van der Waals surface area contributed by atoms with Gasteiger partial charge in [0, 0.05) is 6.04 Å². The van der Waals surface area contributed by atoms with Gasteiger partial charge in [0.1, 0.15) is 0 Å². The van der Waals surface area contributed by atoms with Gasteiger partial charge in [-0.05, 0) is 25.3 Å². The fourth-order valence-electron chi connectivity index (χ4n) is 1.59. The number of piperidine rings is 1. The molecule has 2 N–H and O–H groups in total. The first-order chi connectivity index (χ1) is 5.18. The van der Waals surface area contributed by atoms with Crippen LogP contribution in [0.25, 0.3) is 0 Å². The summed E-state index contributed by atoms with van der Waals surface area (Å²) >= 11 is 0. The van der Waals surface area contributed by atoms with Crippen molar-refractivity contribution >= 4 is 5.97 Å². The fraction of sp³-hybridized carbons (Fsp3) is 0.875. The molecule has 0 aliphatic carbocycles. The van der Waals surface area contributed by atoms with E-state index in [-0.39, 0.29) is 12.5 Å². The van der Waals surface area contributed by atoms with Crippen LogP contribution in [0.3, 0.4) is 0 Å². The van der Waals surface area contributed by atoms with Gasteiger partial charge in [-0.25, -0.2) is 0 Å². The van der Waals surface area contributed by atoms with Crippen LogP contribution in [0.4, 0.5) is 0 Å². The average molecular weight is 157 g/mol. The van der Waals surface area contributed by atoms with E-state index < -0.39 is 5.97 Å². The highest BCUT2D eigenvalue weighted by molar-refractivity contribution is 5.67. The third-order valence-corrected chi connectivity index (χ3v) is 2.18. The molecule has 0 radical (unpaired) electrons. The standard InChI is InChI=1S/C8H15NO2/c1-6-2-3-9-7(4-6)5-8(10)11/h6-7,9H,2-5H2,1H3,(H,10,11)/t6-,7+/m1/s1. The molecule has 1 saturated heterocycles. The van der Waals surface area contributed by atoms with Crippen molar-refractivity contribution in [3.05, 3.63) is 0 Å². The molecule has 3 nitrogen and oxygen atoms in total. The molecule has 3 heteroatoms. The first-order valence-corrected chi connectivity index (χ1v) is 4.13. The maximum Gasteiger partial charge on any atom is 0.304 e. The molecule has 1 fully saturated rings. The molecule has 1 aliphatic heterocycles. The second-order valence-electron chi connectivity index (χ2n) is 3.38. The number of nitrogens with one attached hydrogen (secondary N) is 1. The van der Waals surface area contributed by atoms with Crippen LogP contribution in [-0.2, 0) is 4.79 Å². The van der Waals surface area contributed by atoms with Crippen molar-refractivity contribution in [1.29, 1.82) is 0 Å². The van der Waals surface area contributed by atoms with Gasteiger partial charge < -0.3 is 10.4 Å². The number of carboxylic acids is 1. The maximum absolute atomic E-state index is 10.3. The normalized spacial score (nSPS) is 31.7. The van der Waals surface area contributed by atoms with Gasteiger partial charge in [0.15, 0.2) is 0 Å². The van der Waals surface area contributed by atoms with Crippen LogP contribution in [0, 0.1) is 5.92 Å². The summed E-state index contributed by atoms with van der Waals surface area (Å²) in [6, 6.07) is 0.205. The van der Waals surface area contributed by atoms with Crippen molar-refractivity contribution in [3.63, 3.8) is 0 Å². The molecule has 2 atom stereocenters. The Morgan fingerprint density at radius 2 is 2.45 bits per heavy atom. The van der Waals surface area contributed by atoms with Crippen LogP contribution in [0.2, 0.25) is 0 Å². The Kier molecular flexibility index (Phi) is 2.88. The molecule has 0 aromatic carbocycles. The number of hydrogen-bond donors (Lipinski definition) is 2. The van der Waals surface area contributed by atoms with E-state index in [0.29, 0.717) is 5.92 Å². The van der Waals surface area contributed by atoms with Gasteiger partial charge in [0.25, 0.3) is 0 Å². The van der Waals surface area contributed by atoms with Crippen molar-refractivity contribution in [2.24, 2.45) is 5.92 Å². The van der Waals surface area contributed by atoms with Crippen molar-refractivity contribution < 1.29 is 9.90 Å². The van der Waals surface area contributed by atoms with E-state index in [1.165, 1.54) is 6.42 Å². The van der Waals surface area contributed by atoms with Gasteiger partial charge in [-0.15, -0.1) is 0 Å². The topological polar surface area (TPSA) is 49.3 Å². The molecule has 1 aliphatic rings.